The van der Waals surface area contributed by atoms with Crippen LogP contribution in [0.5, 0.6) is 0 Å². The van der Waals surface area contributed by atoms with Crippen LogP contribution in [0.1, 0.15) is 85.6 Å². The van der Waals surface area contributed by atoms with E-state index in [2.05, 4.69) is 190 Å². The lowest BCUT2D eigenvalue weighted by Crippen LogP contribution is -2.08. The van der Waals surface area contributed by atoms with Crippen molar-refractivity contribution >= 4 is 57.5 Å². The van der Waals surface area contributed by atoms with E-state index in [-0.39, 0.29) is 5.41 Å². The topological polar surface area (TPSA) is 9.86 Å². The van der Waals surface area contributed by atoms with Crippen molar-refractivity contribution in [2.75, 3.05) is 5.75 Å². The quantitative estimate of drug-likeness (QED) is 0.158. The Bertz CT molecular complexity index is 2250. The zero-order valence-electron chi connectivity index (χ0n) is 32.9. The fourth-order valence-electron chi connectivity index (χ4n) is 6.77. The average molecular weight is 707 g/mol. The van der Waals surface area contributed by atoms with Crippen molar-refractivity contribution in [3.05, 3.63) is 145 Å². The van der Waals surface area contributed by atoms with E-state index in [1.165, 1.54) is 55.8 Å². The number of benzene rings is 5. The lowest BCUT2D eigenvalue weighted by Gasteiger charge is -2.18. The van der Waals surface area contributed by atoms with E-state index in [1.54, 1.807) is 0 Å². The van der Waals surface area contributed by atoms with Gasteiger partial charge in [-0.25, -0.2) is 0 Å². The molecule has 0 saturated heterocycles. The maximum atomic E-state index is 4.14. The van der Waals surface area contributed by atoms with Gasteiger partial charge in [-0.1, -0.05) is 141 Å². The third-order valence-corrected chi connectivity index (χ3v) is 9.16. The molecule has 0 bridgehead atoms. The van der Waals surface area contributed by atoms with E-state index in [9.17, 15) is 0 Å². The predicted molar refractivity (Wildman–Crippen MR) is 238 cm³/mol. The monoisotopic (exact) mass is 706 g/mol. The summed E-state index contributed by atoms with van der Waals surface area (Å²) in [5, 5.41) is 3.81. The summed E-state index contributed by atoms with van der Waals surface area (Å²) in [5.41, 5.74) is 12.2. The van der Waals surface area contributed by atoms with Crippen LogP contribution in [0, 0.1) is 5.41 Å². The van der Waals surface area contributed by atoms with Crippen LogP contribution in [-0.2, 0) is 6.42 Å². The molecule has 0 radical (unpaired) electrons. The summed E-state index contributed by atoms with van der Waals surface area (Å²) in [7, 11) is 0. The second-order valence-corrected chi connectivity index (χ2v) is 14.1. The fraction of sp³-hybridized carbons (Fsp3) is 0.265. The van der Waals surface area contributed by atoms with Crippen molar-refractivity contribution < 1.29 is 0 Å². The van der Waals surface area contributed by atoms with Gasteiger partial charge in [0.05, 0.1) is 22.2 Å². The summed E-state index contributed by atoms with van der Waals surface area (Å²) in [4.78, 5) is 0. The number of allylic oxidation sites excluding steroid dienone is 1. The molecule has 0 saturated carbocycles. The number of aromatic nitrogens is 2. The fourth-order valence-corrected chi connectivity index (χ4v) is 6.77. The van der Waals surface area contributed by atoms with Crippen LogP contribution in [0.2, 0.25) is 0 Å². The van der Waals surface area contributed by atoms with Crippen molar-refractivity contribution in [2.24, 2.45) is 5.41 Å². The van der Waals surface area contributed by atoms with Crippen LogP contribution in [0.25, 0.3) is 67.4 Å². The zero-order valence-corrected chi connectivity index (χ0v) is 33.8. The molecule has 0 aliphatic heterocycles. The molecule has 0 aliphatic rings. The van der Waals surface area contributed by atoms with E-state index in [0.29, 0.717) is 0 Å². The van der Waals surface area contributed by atoms with Gasteiger partial charge in [0.2, 0.25) is 0 Å². The minimum Gasteiger partial charge on any atom is -0.309 e. The van der Waals surface area contributed by atoms with Gasteiger partial charge in [0.25, 0.3) is 0 Å². The summed E-state index contributed by atoms with van der Waals surface area (Å²) in [6.45, 7) is 23.2. The SMILES string of the molecule is C=Cc1c(/C=C\C)n(-c2cccc(-c3cccc(-n4c5ccccc5c5cc(CC(C)(C)C)ccc54)c3)c2)c2ccccc12.CC.CC.CCCS. The Kier molecular flexibility index (Phi) is 14.4. The summed E-state index contributed by atoms with van der Waals surface area (Å²) in [6, 6.07) is 42.2. The van der Waals surface area contributed by atoms with Crippen LogP contribution in [0.15, 0.2) is 128 Å². The van der Waals surface area contributed by atoms with Gasteiger partial charge in [0.1, 0.15) is 0 Å². The Morgan fingerprint density at radius 1 is 0.635 bits per heavy atom. The number of hydrogen-bond donors (Lipinski definition) is 1. The first-order chi connectivity index (χ1) is 25.3. The molecule has 7 rings (SSSR count). The van der Waals surface area contributed by atoms with Crippen molar-refractivity contribution in [3.8, 4) is 22.5 Å². The van der Waals surface area contributed by atoms with E-state index in [0.717, 1.165) is 34.8 Å². The molecular formula is C49H58N2S. The van der Waals surface area contributed by atoms with Crippen molar-refractivity contribution in [2.45, 2.75) is 75.2 Å². The van der Waals surface area contributed by atoms with Gasteiger partial charge in [-0.2, -0.15) is 12.6 Å². The molecule has 3 heteroatoms. The van der Waals surface area contributed by atoms with Crippen LogP contribution < -0.4 is 0 Å². The van der Waals surface area contributed by atoms with Gasteiger partial charge >= 0.3 is 0 Å². The number of rotatable bonds is 7. The third-order valence-electron chi connectivity index (χ3n) is 8.72. The first-order valence-electron chi connectivity index (χ1n) is 19.0. The summed E-state index contributed by atoms with van der Waals surface area (Å²) < 4.78 is 4.76. The van der Waals surface area contributed by atoms with Crippen molar-refractivity contribution in [1.29, 1.82) is 0 Å². The van der Waals surface area contributed by atoms with E-state index >= 15 is 0 Å². The van der Waals surface area contributed by atoms with Gasteiger partial charge in [0.15, 0.2) is 0 Å². The minimum atomic E-state index is 0.239. The molecule has 2 nitrogen and oxygen atoms in total. The third kappa shape index (κ3) is 8.65. The maximum absolute atomic E-state index is 4.14. The Labute approximate surface area is 318 Å². The summed E-state index contributed by atoms with van der Waals surface area (Å²) >= 11 is 3.92. The molecule has 0 amide bonds. The number of thiol groups is 1. The normalized spacial score (nSPS) is 11.1. The van der Waals surface area contributed by atoms with Crippen LogP contribution >= 0.6 is 12.6 Å². The number of para-hydroxylation sites is 2. The lowest BCUT2D eigenvalue weighted by molar-refractivity contribution is 0.411. The highest BCUT2D eigenvalue weighted by Gasteiger charge is 2.17. The molecule has 2 heterocycles. The predicted octanol–water partition coefficient (Wildman–Crippen LogP) is 15.0. The van der Waals surface area contributed by atoms with Crippen molar-refractivity contribution in [3.63, 3.8) is 0 Å². The second kappa shape index (κ2) is 18.7. The van der Waals surface area contributed by atoms with Crippen molar-refractivity contribution in [1.82, 2.24) is 9.13 Å². The maximum Gasteiger partial charge on any atom is 0.0541 e. The van der Waals surface area contributed by atoms with Gasteiger partial charge in [-0.05, 0) is 102 Å². The molecule has 5 aromatic carbocycles. The van der Waals surface area contributed by atoms with Crippen LogP contribution in [0.3, 0.4) is 0 Å². The molecule has 0 unspecified atom stereocenters. The highest BCUT2D eigenvalue weighted by atomic mass is 32.1. The lowest BCUT2D eigenvalue weighted by atomic mass is 9.88. The molecule has 52 heavy (non-hydrogen) atoms. The number of nitrogens with zero attached hydrogens (tertiary/aromatic N) is 2. The van der Waals surface area contributed by atoms with Crippen LogP contribution in [0.4, 0.5) is 0 Å². The second-order valence-electron chi connectivity index (χ2n) is 13.6. The molecule has 7 aromatic rings. The van der Waals surface area contributed by atoms with Gasteiger partial charge in [0, 0.05) is 33.1 Å². The highest BCUT2D eigenvalue weighted by molar-refractivity contribution is 7.80. The zero-order chi connectivity index (χ0) is 37.8. The first-order valence-corrected chi connectivity index (χ1v) is 19.6. The molecule has 0 fully saturated rings. The average Bonchev–Trinajstić information content (AvgIpc) is 3.68. The van der Waals surface area contributed by atoms with Gasteiger partial charge in [-0.3, -0.25) is 0 Å². The smallest absolute Gasteiger partial charge is 0.0541 e. The van der Waals surface area contributed by atoms with Gasteiger partial charge < -0.3 is 9.13 Å². The largest absolute Gasteiger partial charge is 0.309 e. The van der Waals surface area contributed by atoms with E-state index < -0.39 is 0 Å². The Balaban J connectivity index is 0.000000699. The Morgan fingerprint density at radius 2 is 1.15 bits per heavy atom. The standard InChI is InChI=1S/C42H38N2.C3H8S.2C2H6/c1-6-14-38-34(7-2)35-19-8-10-21-39(35)43(38)32-17-12-15-30(26-32)31-16-13-18-33(27-31)44-40-22-11-9-20-36(40)37-25-29(23-24-41(37)44)28-42(3,4)5;1-2-3-4;2*1-2/h6-27H,2,28H2,1,3-5H3;4H,2-3H2,1H3;2*1-2H3/b14-6-;;;. The number of hydrogen-bond acceptors (Lipinski definition) is 1. The molecule has 0 aliphatic carbocycles. The Hall–Kier alpha value is -4.73. The summed E-state index contributed by atoms with van der Waals surface area (Å²) in [6.07, 6.45) is 8.49. The first kappa shape index (κ1) is 40.0. The van der Waals surface area contributed by atoms with Gasteiger partial charge in [-0.15, -0.1) is 0 Å². The molecule has 2 aromatic heterocycles. The van der Waals surface area contributed by atoms with E-state index in [1.807, 2.05) is 33.8 Å². The molecule has 0 N–H and O–H groups in total. The van der Waals surface area contributed by atoms with E-state index in [4.69, 9.17) is 0 Å². The minimum absolute atomic E-state index is 0.239. The molecule has 270 valence electrons. The highest BCUT2D eigenvalue weighted by Crippen LogP contribution is 2.36. The Morgan fingerprint density at radius 3 is 1.69 bits per heavy atom. The summed E-state index contributed by atoms with van der Waals surface area (Å²) in [5.74, 6) is 1.01. The molecule has 0 atom stereocenters. The molecule has 0 spiro atoms. The molecular weight excluding hydrogens is 649 g/mol. The van der Waals surface area contributed by atoms with Crippen LogP contribution in [-0.4, -0.2) is 14.9 Å². The number of fused-ring (bicyclic) bond motifs is 4.